The van der Waals surface area contributed by atoms with Crippen LogP contribution >= 0.6 is 0 Å². The molecule has 0 aliphatic rings. The summed E-state index contributed by atoms with van der Waals surface area (Å²) in [5.41, 5.74) is 1.50. The summed E-state index contributed by atoms with van der Waals surface area (Å²) in [6.45, 7) is 0.410. The van der Waals surface area contributed by atoms with E-state index in [1.165, 1.54) is 4.73 Å². The molecular formula is C13H12N2O2. The van der Waals surface area contributed by atoms with Gasteiger partial charge in [-0.1, -0.05) is 12.1 Å². The van der Waals surface area contributed by atoms with Gasteiger partial charge in [-0.3, -0.25) is 0 Å². The lowest BCUT2D eigenvalue weighted by molar-refractivity contribution is 0.0962. The molecule has 0 N–H and O–H groups in total. The van der Waals surface area contributed by atoms with E-state index in [9.17, 15) is 0 Å². The van der Waals surface area contributed by atoms with E-state index in [-0.39, 0.29) is 0 Å². The van der Waals surface area contributed by atoms with Crippen LogP contribution in [0.1, 0.15) is 11.3 Å². The molecule has 0 saturated heterocycles. The van der Waals surface area contributed by atoms with Crippen molar-refractivity contribution in [2.24, 2.45) is 0 Å². The van der Waals surface area contributed by atoms with Crippen molar-refractivity contribution in [2.75, 3.05) is 7.11 Å². The van der Waals surface area contributed by atoms with Gasteiger partial charge in [-0.05, 0) is 29.8 Å². The lowest BCUT2D eigenvalue weighted by Gasteiger charge is -2.08. The van der Waals surface area contributed by atoms with Crippen LogP contribution in [0.5, 0.6) is 5.75 Å². The zero-order valence-corrected chi connectivity index (χ0v) is 9.46. The Morgan fingerprint density at radius 3 is 2.65 bits per heavy atom. The van der Waals surface area contributed by atoms with E-state index in [0.29, 0.717) is 12.3 Å². The van der Waals surface area contributed by atoms with Gasteiger partial charge in [0.05, 0.1) is 7.11 Å². The van der Waals surface area contributed by atoms with E-state index in [0.717, 1.165) is 11.3 Å². The topological polar surface area (TPSA) is 47.2 Å². The van der Waals surface area contributed by atoms with Crippen molar-refractivity contribution in [3.8, 4) is 11.8 Å². The minimum absolute atomic E-state index is 0.410. The Hall–Kier alpha value is -2.41. The number of rotatable bonds is 4. The maximum Gasteiger partial charge on any atom is 0.156 e. The maximum atomic E-state index is 8.81. The molecule has 2 aromatic rings. The summed E-state index contributed by atoms with van der Waals surface area (Å²) in [5, 5.41) is 8.81. The average molecular weight is 228 g/mol. The van der Waals surface area contributed by atoms with Gasteiger partial charge in [0.15, 0.2) is 5.69 Å². The van der Waals surface area contributed by atoms with Crippen molar-refractivity contribution < 1.29 is 9.57 Å². The van der Waals surface area contributed by atoms with Crippen LogP contribution in [-0.2, 0) is 6.61 Å². The van der Waals surface area contributed by atoms with Crippen LogP contribution in [0.4, 0.5) is 0 Å². The van der Waals surface area contributed by atoms with Crippen molar-refractivity contribution >= 4 is 0 Å². The normalized spacial score (nSPS) is 9.65. The SMILES string of the molecule is COc1ccc(COn2cccc2C#N)cc1. The van der Waals surface area contributed by atoms with Crippen LogP contribution in [0.15, 0.2) is 42.6 Å². The van der Waals surface area contributed by atoms with E-state index in [1.807, 2.05) is 30.3 Å². The Balaban J connectivity index is 2.00. The number of nitriles is 1. The molecular weight excluding hydrogens is 216 g/mol. The summed E-state index contributed by atoms with van der Waals surface area (Å²) in [6, 6.07) is 13.1. The molecule has 1 aromatic carbocycles. The number of methoxy groups -OCH3 is 1. The summed E-state index contributed by atoms with van der Waals surface area (Å²) in [4.78, 5) is 5.48. The molecule has 0 bridgehead atoms. The number of benzene rings is 1. The smallest absolute Gasteiger partial charge is 0.156 e. The Morgan fingerprint density at radius 1 is 1.24 bits per heavy atom. The van der Waals surface area contributed by atoms with E-state index in [4.69, 9.17) is 14.8 Å². The third-order valence-corrected chi connectivity index (χ3v) is 2.36. The molecule has 86 valence electrons. The van der Waals surface area contributed by atoms with Gasteiger partial charge in [0.1, 0.15) is 18.4 Å². The highest BCUT2D eigenvalue weighted by atomic mass is 16.7. The zero-order chi connectivity index (χ0) is 12.1. The lowest BCUT2D eigenvalue weighted by atomic mass is 10.2. The number of hydrogen-bond acceptors (Lipinski definition) is 3. The first kappa shape index (κ1) is 11.1. The van der Waals surface area contributed by atoms with Gasteiger partial charge in [-0.2, -0.15) is 9.99 Å². The van der Waals surface area contributed by atoms with Crippen LogP contribution < -0.4 is 9.57 Å². The molecule has 0 spiro atoms. The quantitative estimate of drug-likeness (QED) is 0.804. The molecule has 0 atom stereocenters. The van der Waals surface area contributed by atoms with Gasteiger partial charge < -0.3 is 9.57 Å². The highest BCUT2D eigenvalue weighted by Crippen LogP contribution is 2.11. The molecule has 4 heteroatoms. The van der Waals surface area contributed by atoms with Crippen LogP contribution in [0.25, 0.3) is 0 Å². The molecule has 1 heterocycles. The van der Waals surface area contributed by atoms with Crippen molar-refractivity contribution in [1.82, 2.24) is 4.73 Å². The van der Waals surface area contributed by atoms with E-state index in [1.54, 1.807) is 25.4 Å². The van der Waals surface area contributed by atoms with Gasteiger partial charge in [-0.25, -0.2) is 0 Å². The Bertz CT molecular complexity index is 523. The molecule has 0 aliphatic carbocycles. The molecule has 0 unspecified atom stereocenters. The summed E-state index contributed by atoms with van der Waals surface area (Å²) >= 11 is 0. The van der Waals surface area contributed by atoms with Gasteiger partial charge in [0.2, 0.25) is 0 Å². The summed E-state index contributed by atoms with van der Waals surface area (Å²) in [6.07, 6.45) is 1.71. The van der Waals surface area contributed by atoms with Gasteiger partial charge in [-0.15, -0.1) is 0 Å². The second kappa shape index (κ2) is 5.08. The van der Waals surface area contributed by atoms with Crippen LogP contribution in [0, 0.1) is 11.3 Å². The first-order valence-electron chi connectivity index (χ1n) is 5.17. The summed E-state index contributed by atoms with van der Waals surface area (Å²) in [5.74, 6) is 0.812. The Morgan fingerprint density at radius 2 is 2.00 bits per heavy atom. The fourth-order valence-electron chi connectivity index (χ4n) is 1.43. The predicted molar refractivity (Wildman–Crippen MR) is 62.4 cm³/mol. The highest BCUT2D eigenvalue weighted by Gasteiger charge is 2.00. The number of hydrogen-bond donors (Lipinski definition) is 0. The largest absolute Gasteiger partial charge is 0.497 e. The fraction of sp³-hybridized carbons (Fsp3) is 0.154. The molecule has 0 radical (unpaired) electrons. The average Bonchev–Trinajstić information content (AvgIpc) is 2.84. The van der Waals surface area contributed by atoms with E-state index < -0.39 is 0 Å². The van der Waals surface area contributed by atoms with Crippen molar-refractivity contribution in [2.45, 2.75) is 6.61 Å². The number of aromatic nitrogens is 1. The third kappa shape index (κ3) is 2.58. The molecule has 17 heavy (non-hydrogen) atoms. The zero-order valence-electron chi connectivity index (χ0n) is 9.46. The summed E-state index contributed by atoms with van der Waals surface area (Å²) < 4.78 is 6.53. The standard InChI is InChI=1S/C13H12N2O2/c1-16-13-6-4-11(5-7-13)10-17-15-8-2-3-12(15)9-14/h2-8H,10H2,1H3. The molecule has 4 nitrogen and oxygen atoms in total. The first-order chi connectivity index (χ1) is 8.33. The fourth-order valence-corrected chi connectivity index (χ4v) is 1.43. The number of ether oxygens (including phenoxy) is 1. The third-order valence-electron chi connectivity index (χ3n) is 2.36. The van der Waals surface area contributed by atoms with E-state index in [2.05, 4.69) is 0 Å². The predicted octanol–water partition coefficient (Wildman–Crippen LogP) is 2.00. The van der Waals surface area contributed by atoms with Crippen LogP contribution in [0.2, 0.25) is 0 Å². The molecule has 1 aromatic heterocycles. The highest BCUT2D eigenvalue weighted by molar-refractivity contribution is 5.27. The van der Waals surface area contributed by atoms with Crippen molar-refractivity contribution in [3.63, 3.8) is 0 Å². The molecule has 0 amide bonds. The minimum Gasteiger partial charge on any atom is -0.497 e. The number of nitrogens with zero attached hydrogens (tertiary/aromatic N) is 2. The molecule has 0 saturated carbocycles. The van der Waals surface area contributed by atoms with Gasteiger partial charge in [0.25, 0.3) is 0 Å². The summed E-state index contributed by atoms with van der Waals surface area (Å²) in [7, 11) is 1.63. The second-order valence-corrected chi connectivity index (χ2v) is 3.45. The lowest BCUT2D eigenvalue weighted by Crippen LogP contribution is -2.11. The molecule has 0 fully saturated rings. The minimum atomic E-state index is 0.410. The van der Waals surface area contributed by atoms with Crippen molar-refractivity contribution in [1.29, 1.82) is 5.26 Å². The molecule has 2 rings (SSSR count). The Labute approximate surface area is 99.6 Å². The monoisotopic (exact) mass is 228 g/mol. The van der Waals surface area contributed by atoms with E-state index >= 15 is 0 Å². The van der Waals surface area contributed by atoms with Gasteiger partial charge in [0, 0.05) is 6.20 Å². The van der Waals surface area contributed by atoms with Crippen molar-refractivity contribution in [3.05, 3.63) is 53.9 Å². The second-order valence-electron chi connectivity index (χ2n) is 3.45. The van der Waals surface area contributed by atoms with Crippen LogP contribution in [-0.4, -0.2) is 11.8 Å². The van der Waals surface area contributed by atoms with Crippen LogP contribution in [0.3, 0.4) is 0 Å². The Kier molecular flexibility index (Phi) is 3.31. The maximum absolute atomic E-state index is 8.81. The molecule has 0 aliphatic heterocycles. The first-order valence-corrected chi connectivity index (χ1v) is 5.17. The van der Waals surface area contributed by atoms with Gasteiger partial charge >= 0.3 is 0 Å².